The van der Waals surface area contributed by atoms with Crippen molar-refractivity contribution in [1.82, 2.24) is 4.72 Å². The maximum Gasteiger partial charge on any atom is 0.306 e. The zero-order valence-corrected chi connectivity index (χ0v) is 10.7. The van der Waals surface area contributed by atoms with Gasteiger partial charge in [-0.25, -0.2) is 13.1 Å². The number of nitro groups is 1. The lowest BCUT2D eigenvalue weighted by molar-refractivity contribution is -0.387. The Kier molecular flexibility index (Phi) is 4.36. The van der Waals surface area contributed by atoms with E-state index < -0.39 is 26.5 Å². The molecule has 1 atom stereocenters. The summed E-state index contributed by atoms with van der Waals surface area (Å²) in [4.78, 5) is 9.25. The number of nitrogens with zero attached hydrogens (tertiary/aromatic N) is 1. The first-order valence-electron chi connectivity index (χ1n) is 5.24. The minimum absolute atomic E-state index is 0.306. The molecule has 0 aliphatic carbocycles. The SMILES string of the molecule is CCC(C)NS(=O)(=O)c1ccc(F)c([N+](=O)[O-])c1. The molecule has 0 aliphatic rings. The molecule has 100 valence electrons. The Bertz CT molecular complexity index is 559. The Balaban J connectivity index is 3.18. The summed E-state index contributed by atoms with van der Waals surface area (Å²) in [6.07, 6.45) is 0.572. The molecule has 1 unspecified atom stereocenters. The highest BCUT2D eigenvalue weighted by Gasteiger charge is 2.22. The van der Waals surface area contributed by atoms with Gasteiger partial charge < -0.3 is 0 Å². The Labute approximate surface area is 104 Å². The molecule has 0 fully saturated rings. The number of halogens is 1. The van der Waals surface area contributed by atoms with Gasteiger partial charge in [0.05, 0.1) is 9.82 Å². The molecule has 8 heteroatoms. The largest absolute Gasteiger partial charge is 0.306 e. The van der Waals surface area contributed by atoms with E-state index in [1.165, 1.54) is 0 Å². The van der Waals surface area contributed by atoms with Crippen LogP contribution in [0.1, 0.15) is 20.3 Å². The van der Waals surface area contributed by atoms with Crippen LogP contribution in [0.15, 0.2) is 23.1 Å². The molecule has 18 heavy (non-hydrogen) atoms. The molecular weight excluding hydrogens is 263 g/mol. The van der Waals surface area contributed by atoms with Gasteiger partial charge in [-0.15, -0.1) is 0 Å². The maximum absolute atomic E-state index is 13.1. The lowest BCUT2D eigenvalue weighted by Crippen LogP contribution is -2.32. The van der Waals surface area contributed by atoms with Crippen LogP contribution in [0.5, 0.6) is 0 Å². The van der Waals surface area contributed by atoms with Gasteiger partial charge in [-0.1, -0.05) is 6.92 Å². The number of nitro benzene ring substituents is 1. The fourth-order valence-corrected chi connectivity index (χ4v) is 2.56. The van der Waals surface area contributed by atoms with Gasteiger partial charge in [0.25, 0.3) is 0 Å². The fraction of sp³-hybridized carbons (Fsp3) is 0.400. The molecule has 1 rings (SSSR count). The van der Waals surface area contributed by atoms with Crippen molar-refractivity contribution < 1.29 is 17.7 Å². The van der Waals surface area contributed by atoms with Gasteiger partial charge in [-0.2, -0.15) is 4.39 Å². The van der Waals surface area contributed by atoms with Crippen molar-refractivity contribution in [2.45, 2.75) is 31.2 Å². The van der Waals surface area contributed by atoms with Crippen molar-refractivity contribution in [2.75, 3.05) is 0 Å². The smallest absolute Gasteiger partial charge is 0.258 e. The first-order chi connectivity index (χ1) is 8.27. The molecule has 0 aliphatic heterocycles. The van der Waals surface area contributed by atoms with Crippen LogP contribution in [0, 0.1) is 15.9 Å². The van der Waals surface area contributed by atoms with Crippen LogP contribution in [0.2, 0.25) is 0 Å². The summed E-state index contributed by atoms with van der Waals surface area (Å²) < 4.78 is 39.1. The highest BCUT2D eigenvalue weighted by Crippen LogP contribution is 2.21. The van der Waals surface area contributed by atoms with Gasteiger partial charge in [-0.3, -0.25) is 10.1 Å². The Morgan fingerprint density at radius 1 is 1.50 bits per heavy atom. The average Bonchev–Trinajstić information content (AvgIpc) is 2.28. The summed E-state index contributed by atoms with van der Waals surface area (Å²) in [6, 6.07) is 2.16. The first-order valence-corrected chi connectivity index (χ1v) is 6.72. The van der Waals surface area contributed by atoms with Gasteiger partial charge in [0.1, 0.15) is 0 Å². The predicted molar refractivity (Wildman–Crippen MR) is 63.1 cm³/mol. The van der Waals surface area contributed by atoms with Crippen molar-refractivity contribution in [3.8, 4) is 0 Å². The number of sulfonamides is 1. The van der Waals surface area contributed by atoms with E-state index >= 15 is 0 Å². The lowest BCUT2D eigenvalue weighted by atomic mass is 10.3. The molecule has 1 aromatic carbocycles. The van der Waals surface area contributed by atoms with E-state index in [-0.39, 0.29) is 10.9 Å². The number of hydrogen-bond acceptors (Lipinski definition) is 4. The van der Waals surface area contributed by atoms with E-state index in [0.29, 0.717) is 12.5 Å². The summed E-state index contributed by atoms with van der Waals surface area (Å²) in [5.41, 5.74) is -0.859. The Hall–Kier alpha value is -1.54. The molecule has 0 radical (unpaired) electrons. The molecule has 0 heterocycles. The minimum Gasteiger partial charge on any atom is -0.258 e. The average molecular weight is 276 g/mol. The highest BCUT2D eigenvalue weighted by molar-refractivity contribution is 7.89. The van der Waals surface area contributed by atoms with Crippen molar-refractivity contribution in [1.29, 1.82) is 0 Å². The van der Waals surface area contributed by atoms with Crippen molar-refractivity contribution in [2.24, 2.45) is 0 Å². The van der Waals surface area contributed by atoms with Crippen LogP contribution < -0.4 is 4.72 Å². The van der Waals surface area contributed by atoms with Crippen LogP contribution >= 0.6 is 0 Å². The molecule has 1 N–H and O–H groups in total. The third-order valence-corrected chi connectivity index (χ3v) is 3.98. The summed E-state index contributed by atoms with van der Waals surface area (Å²) in [5, 5.41) is 10.5. The Morgan fingerprint density at radius 3 is 2.61 bits per heavy atom. The monoisotopic (exact) mass is 276 g/mol. The number of nitrogens with one attached hydrogen (secondary N) is 1. The quantitative estimate of drug-likeness (QED) is 0.656. The molecule has 0 spiro atoms. The van der Waals surface area contributed by atoms with E-state index in [2.05, 4.69) is 4.72 Å². The number of hydrogen-bond donors (Lipinski definition) is 1. The van der Waals surface area contributed by atoms with Crippen LogP contribution in [0.3, 0.4) is 0 Å². The van der Waals surface area contributed by atoms with E-state index in [0.717, 1.165) is 12.1 Å². The Morgan fingerprint density at radius 2 is 2.11 bits per heavy atom. The molecule has 0 aromatic heterocycles. The molecule has 6 nitrogen and oxygen atoms in total. The first kappa shape index (κ1) is 14.5. The third-order valence-electron chi connectivity index (χ3n) is 2.39. The van der Waals surface area contributed by atoms with Crippen molar-refractivity contribution in [3.63, 3.8) is 0 Å². The van der Waals surface area contributed by atoms with Crippen LogP contribution in [-0.2, 0) is 10.0 Å². The van der Waals surface area contributed by atoms with Crippen LogP contribution in [0.4, 0.5) is 10.1 Å². The normalized spacial score (nSPS) is 13.3. The second kappa shape index (κ2) is 5.40. The zero-order chi connectivity index (χ0) is 13.9. The van der Waals surface area contributed by atoms with Gasteiger partial charge >= 0.3 is 5.69 Å². The predicted octanol–water partition coefficient (Wildman–Crippen LogP) is 1.81. The van der Waals surface area contributed by atoms with Crippen molar-refractivity contribution >= 4 is 15.7 Å². The second-order valence-electron chi connectivity index (χ2n) is 3.80. The van der Waals surface area contributed by atoms with E-state index in [4.69, 9.17) is 0 Å². The van der Waals surface area contributed by atoms with Gasteiger partial charge in [0.15, 0.2) is 0 Å². The summed E-state index contributed by atoms with van der Waals surface area (Å²) in [5.74, 6) is -1.07. The molecule has 0 saturated heterocycles. The second-order valence-corrected chi connectivity index (χ2v) is 5.51. The van der Waals surface area contributed by atoms with E-state index in [9.17, 15) is 22.9 Å². The maximum atomic E-state index is 13.1. The summed E-state index contributed by atoms with van der Waals surface area (Å²) >= 11 is 0. The fourth-order valence-electron chi connectivity index (χ4n) is 1.22. The highest BCUT2D eigenvalue weighted by atomic mass is 32.2. The van der Waals surface area contributed by atoms with Gasteiger partial charge in [0, 0.05) is 12.1 Å². The standard InChI is InChI=1S/C10H13FN2O4S/c1-3-7(2)12-18(16,17)8-4-5-9(11)10(6-8)13(14)15/h4-7,12H,3H2,1-2H3. The van der Waals surface area contributed by atoms with Crippen LogP contribution in [0.25, 0.3) is 0 Å². The number of benzene rings is 1. The van der Waals surface area contributed by atoms with Crippen LogP contribution in [-0.4, -0.2) is 19.4 Å². The van der Waals surface area contributed by atoms with Crippen molar-refractivity contribution in [3.05, 3.63) is 34.1 Å². The molecule has 0 amide bonds. The summed E-state index contributed by atoms with van der Waals surface area (Å²) in [7, 11) is -3.87. The number of rotatable bonds is 5. The van der Waals surface area contributed by atoms with Gasteiger partial charge in [-0.05, 0) is 25.5 Å². The van der Waals surface area contributed by atoms with E-state index in [1.54, 1.807) is 13.8 Å². The molecule has 0 saturated carbocycles. The summed E-state index contributed by atoms with van der Waals surface area (Å²) in [6.45, 7) is 3.45. The van der Waals surface area contributed by atoms with Gasteiger partial charge in [0.2, 0.25) is 15.8 Å². The minimum atomic E-state index is -3.87. The zero-order valence-electron chi connectivity index (χ0n) is 9.88. The third kappa shape index (κ3) is 3.23. The topological polar surface area (TPSA) is 89.3 Å². The lowest BCUT2D eigenvalue weighted by Gasteiger charge is -2.11. The molecule has 0 bridgehead atoms. The molecular formula is C10H13FN2O4S. The molecule has 1 aromatic rings. The van der Waals surface area contributed by atoms with E-state index in [1.807, 2.05) is 0 Å².